The third kappa shape index (κ3) is 16.3. The van der Waals surface area contributed by atoms with E-state index in [9.17, 15) is 0 Å². The largest absolute Gasteiger partial charge is 0.493 e. The lowest BCUT2D eigenvalue weighted by Crippen LogP contribution is -2.27. The molecule has 8 aromatic carbocycles. The third-order valence-corrected chi connectivity index (χ3v) is 21.2. The van der Waals surface area contributed by atoms with Crippen molar-refractivity contribution < 1.29 is 37.2 Å². The Hall–Kier alpha value is -7.66. The van der Waals surface area contributed by atoms with Gasteiger partial charge in [-0.1, -0.05) is 201 Å². The first-order chi connectivity index (χ1) is 48.1. The predicted molar refractivity (Wildman–Crippen MR) is 425 cm³/mol. The third-order valence-electron chi connectivity index (χ3n) is 21.2. The van der Waals surface area contributed by atoms with Gasteiger partial charge in [0, 0.05) is 63.1 Å². The number of fused-ring (bicyclic) bond motifs is 6. The van der Waals surface area contributed by atoms with Gasteiger partial charge in [0.2, 0.25) is 0 Å². The zero-order valence-electron chi connectivity index (χ0n) is 66.1. The van der Waals surface area contributed by atoms with Crippen molar-refractivity contribution >= 4 is 43.6 Å². The minimum Gasteiger partial charge on any atom is -0.493 e. The molecule has 4 heterocycles. The van der Waals surface area contributed by atoms with Gasteiger partial charge >= 0.3 is 0 Å². The number of benzene rings is 8. The van der Waals surface area contributed by atoms with Crippen molar-refractivity contribution in [2.24, 2.45) is 10.8 Å². The monoisotopic (exact) mass is 1390 g/mol. The Kier molecular flexibility index (Phi) is 20.4. The normalized spacial score (nSPS) is 16.3. The molecular formula is C93H116F2N2O6. The van der Waals surface area contributed by atoms with Gasteiger partial charge in [-0.3, -0.25) is 0 Å². The molecule has 2 aliphatic rings. The van der Waals surface area contributed by atoms with Crippen molar-refractivity contribution in [2.45, 2.75) is 255 Å². The van der Waals surface area contributed by atoms with Crippen LogP contribution in [0.5, 0.6) is 23.0 Å². The Bertz CT molecular complexity index is 4330. The van der Waals surface area contributed by atoms with Crippen LogP contribution in [-0.2, 0) is 42.0 Å². The van der Waals surface area contributed by atoms with Gasteiger partial charge in [0.25, 0.3) is 0 Å². The highest BCUT2D eigenvalue weighted by Gasteiger charge is 2.36. The van der Waals surface area contributed by atoms with Gasteiger partial charge in [0.1, 0.15) is 23.1 Å². The van der Waals surface area contributed by atoms with E-state index in [4.69, 9.17) is 28.4 Å². The van der Waals surface area contributed by atoms with Crippen molar-refractivity contribution in [1.82, 2.24) is 9.13 Å². The summed E-state index contributed by atoms with van der Waals surface area (Å²) in [6, 6.07) is 46.4. The number of ether oxygens (including phenoxy) is 6. The molecule has 0 radical (unpaired) electrons. The van der Waals surface area contributed by atoms with Gasteiger partial charge in [-0.25, -0.2) is 8.78 Å². The fourth-order valence-electron chi connectivity index (χ4n) is 16.2. The van der Waals surface area contributed by atoms with Gasteiger partial charge in [-0.15, -0.1) is 0 Å². The van der Waals surface area contributed by atoms with Crippen molar-refractivity contribution in [3.05, 3.63) is 178 Å². The lowest BCUT2D eigenvalue weighted by atomic mass is 9.71. The van der Waals surface area contributed by atoms with Crippen molar-refractivity contribution in [3.63, 3.8) is 0 Å². The molecule has 0 bridgehead atoms. The number of hydrogen-bond acceptors (Lipinski definition) is 6. The van der Waals surface area contributed by atoms with Crippen LogP contribution in [0.4, 0.5) is 8.78 Å². The summed E-state index contributed by atoms with van der Waals surface area (Å²) in [6.07, 6.45) is 6.29. The molecule has 0 N–H and O–H groups in total. The molecule has 2 atom stereocenters. The highest BCUT2D eigenvalue weighted by molar-refractivity contribution is 6.11. The van der Waals surface area contributed by atoms with Gasteiger partial charge in [0.15, 0.2) is 24.1 Å². The van der Waals surface area contributed by atoms with Gasteiger partial charge in [0.05, 0.1) is 59.9 Å². The van der Waals surface area contributed by atoms with E-state index < -0.39 is 24.2 Å². The van der Waals surface area contributed by atoms with Crippen LogP contribution >= 0.6 is 0 Å². The molecule has 0 amide bonds. The zero-order valence-corrected chi connectivity index (χ0v) is 66.1. The molecule has 0 spiro atoms. The van der Waals surface area contributed by atoms with E-state index in [1.165, 1.54) is 34.4 Å². The maximum atomic E-state index is 16.6. The number of hydrogen-bond donors (Lipinski definition) is 0. The summed E-state index contributed by atoms with van der Waals surface area (Å²) in [5.74, 6) is 1.41. The number of nitrogens with zero attached hydrogens (tertiary/aromatic N) is 2. The van der Waals surface area contributed by atoms with Gasteiger partial charge in [-0.2, -0.15) is 0 Å². The van der Waals surface area contributed by atoms with Crippen LogP contribution < -0.4 is 18.9 Å². The van der Waals surface area contributed by atoms with Gasteiger partial charge in [-0.05, 0) is 200 Å². The molecule has 8 nitrogen and oxygen atoms in total. The zero-order chi connectivity index (χ0) is 74.3. The highest BCUT2D eigenvalue weighted by Crippen LogP contribution is 2.52. The predicted octanol–water partition coefficient (Wildman–Crippen LogP) is 25.8. The van der Waals surface area contributed by atoms with Crippen molar-refractivity contribution in [3.8, 4) is 56.6 Å². The Morgan fingerprint density at radius 3 is 0.961 bits per heavy atom. The van der Waals surface area contributed by atoms with E-state index in [0.717, 1.165) is 105 Å². The Morgan fingerprint density at radius 2 is 0.680 bits per heavy atom. The topological polar surface area (TPSA) is 65.2 Å². The Labute approximate surface area is 614 Å². The van der Waals surface area contributed by atoms with Gasteiger partial charge < -0.3 is 37.6 Å². The van der Waals surface area contributed by atoms with Crippen LogP contribution in [-0.4, -0.2) is 48.1 Å². The van der Waals surface area contributed by atoms with Crippen LogP contribution in [0.25, 0.3) is 77.2 Å². The number of halogens is 2. The summed E-state index contributed by atoms with van der Waals surface area (Å²) in [5.41, 5.74) is 14.2. The summed E-state index contributed by atoms with van der Waals surface area (Å²) in [7, 11) is 0. The van der Waals surface area contributed by atoms with E-state index in [-0.39, 0.29) is 56.5 Å². The smallest absolute Gasteiger partial charge is 0.199 e. The maximum Gasteiger partial charge on any atom is 0.199 e. The first kappa shape index (κ1) is 75.0. The highest BCUT2D eigenvalue weighted by atomic mass is 19.1. The van der Waals surface area contributed by atoms with Crippen LogP contribution in [0.15, 0.2) is 133 Å². The molecule has 2 fully saturated rings. The Morgan fingerprint density at radius 1 is 0.359 bits per heavy atom. The lowest BCUT2D eigenvalue weighted by Gasteiger charge is -2.35. The second-order valence-corrected chi connectivity index (χ2v) is 37.7. The molecule has 10 aromatic rings. The molecule has 0 saturated carbocycles. The molecule has 2 saturated heterocycles. The van der Waals surface area contributed by atoms with E-state index in [0.29, 0.717) is 77.7 Å². The maximum absolute atomic E-state index is 16.6. The van der Waals surface area contributed by atoms with E-state index in [1.807, 2.05) is 0 Å². The SMILES string of the molecule is CC(C)(C)CC(C)(C)c1cc(-c2cc(F)ccc2OCCCOc2ccc(F)cc2-c2cc(C(C)(C)CC(C)(C)C)cc(-n3c4cc(C(C)(C)C)ccc4c4ccc(C(C)(C)C)cc43)c2OC2CCCCO2)c(OC2CCCCO2)c(-n2c3cc(C(C)(C)C)ccc3c3ccc(C(C)(C)C)cc32)c1. The Balaban J connectivity index is 0.987. The number of aromatic nitrogens is 2. The van der Waals surface area contributed by atoms with E-state index in [2.05, 4.69) is 259 Å². The van der Waals surface area contributed by atoms with Crippen LogP contribution in [0, 0.1) is 22.5 Å². The first-order valence-corrected chi connectivity index (χ1v) is 38.1. The first-order valence-electron chi connectivity index (χ1n) is 38.1. The molecule has 2 aromatic heterocycles. The summed E-state index contributed by atoms with van der Waals surface area (Å²) in [6.45, 7) is 51.8. The summed E-state index contributed by atoms with van der Waals surface area (Å²) in [4.78, 5) is 0. The molecule has 12 rings (SSSR count). The van der Waals surface area contributed by atoms with Crippen LogP contribution in [0.2, 0.25) is 0 Å². The molecule has 0 aliphatic carbocycles. The molecular weight excluding hydrogens is 1280 g/mol. The molecule has 2 aliphatic heterocycles. The fraction of sp³-hybridized carbons (Fsp3) is 0.484. The minimum atomic E-state index is -0.543. The number of rotatable bonds is 18. The standard InChI is InChI=1S/C93H116F2N2O6/c1-86(2,3)56-92(19,20)62-46-72(84(102-82-28-23-25-42-100-82)78(52-62)96-74-48-58(88(7,8)9)30-36-66(74)67-37-31-59(49-75(67)96)89(10,11)12)70-54-64(94)34-40-80(70)98-44-27-45-99-81-41-35-65(95)55-71(81)73-47-63(93(21,22)57-87(4,5)6)53-79(85(73)103-83-29-24-26-43-101-83)97-76-50-60(90(13,14)15)32-38-68(76)69-39-33-61(51-77(69)97)91(16,17)18/h30-41,46-55,82-83H,23-29,42-45,56-57H2,1-22H3. The molecule has 103 heavy (non-hydrogen) atoms. The molecule has 10 heteroatoms. The summed E-state index contributed by atoms with van der Waals surface area (Å²) in [5, 5.41) is 4.55. The van der Waals surface area contributed by atoms with Crippen LogP contribution in [0.3, 0.4) is 0 Å². The van der Waals surface area contributed by atoms with E-state index in [1.54, 1.807) is 24.3 Å². The average molecular weight is 1400 g/mol. The van der Waals surface area contributed by atoms with Crippen LogP contribution in [0.1, 0.15) is 243 Å². The molecule has 548 valence electrons. The second kappa shape index (κ2) is 28.0. The quantitative estimate of drug-likeness (QED) is 0.0798. The molecule has 2 unspecified atom stereocenters. The summed E-state index contributed by atoms with van der Waals surface area (Å²) >= 11 is 0. The van der Waals surface area contributed by atoms with E-state index >= 15 is 8.78 Å². The van der Waals surface area contributed by atoms with Crippen molar-refractivity contribution in [2.75, 3.05) is 26.4 Å². The fourth-order valence-corrected chi connectivity index (χ4v) is 16.2. The van der Waals surface area contributed by atoms with Crippen molar-refractivity contribution in [1.29, 1.82) is 0 Å². The average Bonchev–Trinajstić information content (AvgIpc) is 1.58. The summed E-state index contributed by atoms with van der Waals surface area (Å²) < 4.78 is 79.9. The minimum absolute atomic E-state index is 0.0359. The second-order valence-electron chi connectivity index (χ2n) is 37.7. The lowest BCUT2D eigenvalue weighted by molar-refractivity contribution is -0.105.